The van der Waals surface area contributed by atoms with Crippen molar-refractivity contribution in [2.24, 2.45) is 0 Å². The smallest absolute Gasteiger partial charge is 0.235 e. The summed E-state index contributed by atoms with van der Waals surface area (Å²) in [6, 6.07) is 3.12. The van der Waals surface area contributed by atoms with Gasteiger partial charge in [0.2, 0.25) is 5.91 Å². The van der Waals surface area contributed by atoms with Gasteiger partial charge >= 0.3 is 0 Å². The van der Waals surface area contributed by atoms with Gasteiger partial charge < -0.3 is 5.32 Å². The third kappa shape index (κ3) is 3.61. The third-order valence-corrected chi connectivity index (χ3v) is 5.67. The van der Waals surface area contributed by atoms with Gasteiger partial charge in [-0.25, -0.2) is 0 Å². The first kappa shape index (κ1) is 15.8. The van der Waals surface area contributed by atoms with Crippen LogP contribution in [0.1, 0.15) is 51.4 Å². The lowest BCUT2D eigenvalue weighted by molar-refractivity contribution is -0.124. The van der Waals surface area contributed by atoms with E-state index in [0.29, 0.717) is 6.54 Å². The molecule has 22 heavy (non-hydrogen) atoms. The predicted octanol–water partition coefficient (Wildman–Crippen LogP) is 1.50. The summed E-state index contributed by atoms with van der Waals surface area (Å²) in [5.74, 6) is 0.0257. The highest BCUT2D eigenvalue weighted by Crippen LogP contribution is 2.29. The molecule has 3 aliphatic rings. The zero-order valence-electron chi connectivity index (χ0n) is 13.5. The fourth-order valence-corrected chi connectivity index (χ4v) is 4.31. The minimum Gasteiger partial charge on any atom is -0.337 e. The van der Waals surface area contributed by atoms with Gasteiger partial charge in [-0.15, -0.1) is 0 Å². The lowest BCUT2D eigenvalue weighted by atomic mass is 10.00. The Balaban J connectivity index is 1.42. The number of hydrogen-bond donors (Lipinski definition) is 1. The van der Waals surface area contributed by atoms with Crippen LogP contribution in [0.5, 0.6) is 0 Å². The molecular weight excluding hydrogens is 276 g/mol. The van der Waals surface area contributed by atoms with E-state index in [1.165, 1.54) is 25.7 Å². The Hall–Kier alpha value is -1.12. The van der Waals surface area contributed by atoms with Crippen LogP contribution < -0.4 is 5.32 Å². The van der Waals surface area contributed by atoms with Crippen molar-refractivity contribution in [2.45, 2.75) is 62.9 Å². The van der Waals surface area contributed by atoms with E-state index in [1.54, 1.807) is 0 Å². The van der Waals surface area contributed by atoms with Crippen LogP contribution in [0.15, 0.2) is 0 Å². The number of amides is 1. The summed E-state index contributed by atoms with van der Waals surface area (Å²) in [4.78, 5) is 17.1. The van der Waals surface area contributed by atoms with E-state index in [4.69, 9.17) is 0 Å². The van der Waals surface area contributed by atoms with Crippen LogP contribution in [-0.4, -0.2) is 60.0 Å². The molecule has 3 fully saturated rings. The van der Waals surface area contributed by atoms with Crippen molar-refractivity contribution in [1.29, 1.82) is 5.26 Å². The monoisotopic (exact) mass is 304 g/mol. The van der Waals surface area contributed by atoms with E-state index in [-0.39, 0.29) is 5.91 Å². The average molecular weight is 304 g/mol. The van der Waals surface area contributed by atoms with Gasteiger partial charge in [-0.05, 0) is 38.5 Å². The second kappa shape index (κ2) is 6.97. The zero-order chi connectivity index (χ0) is 15.4. The second-order valence-corrected chi connectivity index (χ2v) is 7.20. The lowest BCUT2D eigenvalue weighted by Crippen LogP contribution is -2.54. The standard InChI is InChI=1S/C17H28N4O/c18-14-17(7-3-4-8-17)19-16(22)13-20-9-11-21(12-10-20)15-5-1-2-6-15/h15H,1-13H2,(H,19,22). The molecule has 0 radical (unpaired) electrons. The van der Waals surface area contributed by atoms with Crippen LogP contribution in [0, 0.1) is 11.3 Å². The van der Waals surface area contributed by atoms with Gasteiger partial charge in [-0.3, -0.25) is 14.6 Å². The molecule has 0 aromatic carbocycles. The Morgan fingerprint density at radius 1 is 1.09 bits per heavy atom. The second-order valence-electron chi connectivity index (χ2n) is 7.20. The predicted molar refractivity (Wildman–Crippen MR) is 85.2 cm³/mol. The van der Waals surface area contributed by atoms with Crippen LogP contribution in [-0.2, 0) is 4.79 Å². The SMILES string of the molecule is N#CC1(NC(=O)CN2CCN(C3CCCC3)CC2)CCCC1. The number of nitrogens with zero attached hydrogens (tertiary/aromatic N) is 3. The Morgan fingerprint density at radius 3 is 2.32 bits per heavy atom. The number of nitriles is 1. The third-order valence-electron chi connectivity index (χ3n) is 5.67. The quantitative estimate of drug-likeness (QED) is 0.855. The molecule has 0 unspecified atom stereocenters. The molecule has 122 valence electrons. The van der Waals surface area contributed by atoms with Crippen LogP contribution in [0.2, 0.25) is 0 Å². The number of carbonyl (C=O) groups is 1. The highest BCUT2D eigenvalue weighted by molar-refractivity contribution is 5.79. The summed E-state index contributed by atoms with van der Waals surface area (Å²) in [7, 11) is 0. The molecule has 0 spiro atoms. The van der Waals surface area contributed by atoms with Gasteiger partial charge in [0.25, 0.3) is 0 Å². The van der Waals surface area contributed by atoms with Crippen molar-refractivity contribution in [2.75, 3.05) is 32.7 Å². The number of nitrogens with one attached hydrogen (secondary N) is 1. The van der Waals surface area contributed by atoms with E-state index in [0.717, 1.165) is 57.9 Å². The molecule has 1 amide bonds. The Bertz CT molecular complexity index is 424. The molecular formula is C17H28N4O. The average Bonchev–Trinajstić information content (AvgIpc) is 3.20. The van der Waals surface area contributed by atoms with Gasteiger partial charge in [0.05, 0.1) is 12.6 Å². The molecule has 3 rings (SSSR count). The van der Waals surface area contributed by atoms with Crippen molar-refractivity contribution in [3.63, 3.8) is 0 Å². The molecule has 1 saturated heterocycles. The normalized spacial score (nSPS) is 26.9. The number of piperazine rings is 1. The van der Waals surface area contributed by atoms with Crippen molar-refractivity contribution in [3.8, 4) is 6.07 Å². The summed E-state index contributed by atoms with van der Waals surface area (Å²) in [6.45, 7) is 4.57. The summed E-state index contributed by atoms with van der Waals surface area (Å²) in [5, 5.41) is 12.3. The molecule has 1 heterocycles. The van der Waals surface area contributed by atoms with Crippen LogP contribution in [0.25, 0.3) is 0 Å². The van der Waals surface area contributed by atoms with Crippen LogP contribution in [0.3, 0.4) is 0 Å². The molecule has 2 aliphatic carbocycles. The van der Waals surface area contributed by atoms with Crippen LogP contribution in [0.4, 0.5) is 0 Å². The van der Waals surface area contributed by atoms with Crippen molar-refractivity contribution < 1.29 is 4.79 Å². The minimum absolute atomic E-state index is 0.0257. The Kier molecular flexibility index (Phi) is 5.00. The molecule has 0 atom stereocenters. The first-order chi connectivity index (χ1) is 10.7. The summed E-state index contributed by atoms with van der Waals surface area (Å²) >= 11 is 0. The van der Waals surface area contributed by atoms with Gasteiger partial charge in [0, 0.05) is 32.2 Å². The number of rotatable bonds is 4. The highest BCUT2D eigenvalue weighted by Gasteiger charge is 2.36. The topological polar surface area (TPSA) is 59.4 Å². The molecule has 0 bridgehead atoms. The zero-order valence-corrected chi connectivity index (χ0v) is 13.5. The first-order valence-corrected chi connectivity index (χ1v) is 8.89. The fourth-order valence-electron chi connectivity index (χ4n) is 4.31. The van der Waals surface area contributed by atoms with Crippen molar-refractivity contribution in [3.05, 3.63) is 0 Å². The highest BCUT2D eigenvalue weighted by atomic mass is 16.2. The molecule has 0 aromatic rings. The molecule has 1 aliphatic heterocycles. The van der Waals surface area contributed by atoms with Gasteiger partial charge in [-0.1, -0.05) is 12.8 Å². The molecule has 5 heteroatoms. The molecule has 1 N–H and O–H groups in total. The molecule has 5 nitrogen and oxygen atoms in total. The van der Waals surface area contributed by atoms with E-state index < -0.39 is 5.54 Å². The maximum Gasteiger partial charge on any atom is 0.235 e. The molecule has 2 saturated carbocycles. The Labute approximate surface area is 133 Å². The maximum atomic E-state index is 12.3. The summed E-state index contributed by atoms with van der Waals surface area (Å²) in [6.07, 6.45) is 9.18. The molecule has 0 aromatic heterocycles. The van der Waals surface area contributed by atoms with Crippen molar-refractivity contribution >= 4 is 5.91 Å². The largest absolute Gasteiger partial charge is 0.337 e. The van der Waals surface area contributed by atoms with Crippen molar-refractivity contribution in [1.82, 2.24) is 15.1 Å². The summed E-state index contributed by atoms with van der Waals surface area (Å²) < 4.78 is 0. The van der Waals surface area contributed by atoms with Gasteiger partial charge in [0.15, 0.2) is 0 Å². The lowest BCUT2D eigenvalue weighted by Gasteiger charge is -2.38. The van der Waals surface area contributed by atoms with Crippen LogP contribution >= 0.6 is 0 Å². The minimum atomic E-state index is -0.581. The number of hydrogen-bond acceptors (Lipinski definition) is 4. The first-order valence-electron chi connectivity index (χ1n) is 8.89. The van der Waals surface area contributed by atoms with E-state index in [1.807, 2.05) is 0 Å². The maximum absolute atomic E-state index is 12.3. The van der Waals surface area contributed by atoms with E-state index >= 15 is 0 Å². The van der Waals surface area contributed by atoms with E-state index in [2.05, 4.69) is 21.2 Å². The Morgan fingerprint density at radius 2 is 1.73 bits per heavy atom. The van der Waals surface area contributed by atoms with E-state index in [9.17, 15) is 10.1 Å². The van der Waals surface area contributed by atoms with Gasteiger partial charge in [0.1, 0.15) is 5.54 Å². The van der Waals surface area contributed by atoms with Gasteiger partial charge in [-0.2, -0.15) is 5.26 Å². The fraction of sp³-hybridized carbons (Fsp3) is 0.882. The summed E-state index contributed by atoms with van der Waals surface area (Å²) in [5.41, 5.74) is -0.581. The number of carbonyl (C=O) groups excluding carboxylic acids is 1.